The number of hydrogen-bond acceptors (Lipinski definition) is 4. The van der Waals surface area contributed by atoms with Gasteiger partial charge in [0.2, 0.25) is 5.91 Å². The van der Waals surface area contributed by atoms with Crippen LogP contribution in [0.2, 0.25) is 0 Å². The molecule has 3 rings (SSSR count). The highest BCUT2D eigenvalue weighted by atomic mass is 16.2. The van der Waals surface area contributed by atoms with Crippen LogP contribution in [-0.2, 0) is 4.79 Å². The van der Waals surface area contributed by atoms with Gasteiger partial charge in [-0.1, -0.05) is 6.42 Å². The summed E-state index contributed by atoms with van der Waals surface area (Å²) in [6.45, 7) is 0. The smallest absolute Gasteiger partial charge is 0.245 e. The number of amides is 1. The molecule has 5 heteroatoms. The van der Waals surface area contributed by atoms with E-state index < -0.39 is 0 Å². The van der Waals surface area contributed by atoms with Gasteiger partial charge >= 0.3 is 0 Å². The fourth-order valence-corrected chi connectivity index (χ4v) is 3.50. The predicted molar refractivity (Wildman–Crippen MR) is 72.7 cm³/mol. The van der Waals surface area contributed by atoms with Crippen LogP contribution in [0.15, 0.2) is 18.6 Å². The van der Waals surface area contributed by atoms with Crippen LogP contribution in [0.1, 0.15) is 32.1 Å². The van der Waals surface area contributed by atoms with Gasteiger partial charge in [0.05, 0.1) is 12.2 Å². The van der Waals surface area contributed by atoms with E-state index in [0.29, 0.717) is 17.8 Å². The summed E-state index contributed by atoms with van der Waals surface area (Å²) in [5.41, 5.74) is 0. The lowest BCUT2D eigenvalue weighted by molar-refractivity contribution is -0.120. The van der Waals surface area contributed by atoms with E-state index >= 15 is 0 Å². The van der Waals surface area contributed by atoms with Crippen molar-refractivity contribution in [1.82, 2.24) is 15.3 Å². The third-order valence-electron chi connectivity index (χ3n) is 4.46. The Hall–Kier alpha value is -1.49. The van der Waals surface area contributed by atoms with Crippen molar-refractivity contribution < 1.29 is 4.79 Å². The van der Waals surface area contributed by atoms with Crippen LogP contribution in [-0.4, -0.2) is 35.0 Å². The van der Waals surface area contributed by atoms with E-state index in [-0.39, 0.29) is 11.9 Å². The summed E-state index contributed by atoms with van der Waals surface area (Å²) in [6.07, 6.45) is 10.6. The van der Waals surface area contributed by atoms with Crippen LogP contribution in [0.4, 0.5) is 5.82 Å². The molecule has 3 unspecified atom stereocenters. The van der Waals surface area contributed by atoms with Gasteiger partial charge in [0.1, 0.15) is 0 Å². The average Bonchev–Trinajstić information content (AvgIpc) is 2.84. The van der Waals surface area contributed by atoms with Gasteiger partial charge in [-0.25, -0.2) is 4.98 Å². The standard InChI is InChI=1S/C14H20N4O/c1-15-11-6-5-10-3-2-4-12(10)18(14(11)19)13-9-16-7-8-17-13/h7-12,15H,2-6H2,1H3. The Morgan fingerprint density at radius 2 is 2.16 bits per heavy atom. The molecule has 1 aromatic heterocycles. The number of fused-ring (bicyclic) bond motifs is 1. The number of rotatable bonds is 2. The maximum absolute atomic E-state index is 12.7. The predicted octanol–water partition coefficient (Wildman–Crippen LogP) is 1.36. The zero-order valence-electron chi connectivity index (χ0n) is 11.2. The molecule has 1 aromatic rings. The fourth-order valence-electron chi connectivity index (χ4n) is 3.50. The Morgan fingerprint density at radius 1 is 1.26 bits per heavy atom. The highest BCUT2D eigenvalue weighted by molar-refractivity contribution is 5.97. The monoisotopic (exact) mass is 260 g/mol. The molecule has 2 aliphatic rings. The number of carbonyl (C=O) groups is 1. The highest BCUT2D eigenvalue weighted by Crippen LogP contribution is 2.38. The lowest BCUT2D eigenvalue weighted by Gasteiger charge is -2.30. The van der Waals surface area contributed by atoms with Crippen LogP contribution >= 0.6 is 0 Å². The van der Waals surface area contributed by atoms with Gasteiger partial charge in [-0.15, -0.1) is 0 Å². The summed E-state index contributed by atoms with van der Waals surface area (Å²) in [7, 11) is 1.86. The second-order valence-corrected chi connectivity index (χ2v) is 5.45. The number of nitrogens with zero attached hydrogens (tertiary/aromatic N) is 3. The number of anilines is 1. The van der Waals surface area contributed by atoms with Crippen molar-refractivity contribution in [3.05, 3.63) is 18.6 Å². The minimum Gasteiger partial charge on any atom is -0.309 e. The molecular formula is C14H20N4O. The number of nitrogens with one attached hydrogen (secondary N) is 1. The first-order valence-electron chi connectivity index (χ1n) is 7.07. The second kappa shape index (κ2) is 5.25. The molecule has 19 heavy (non-hydrogen) atoms. The summed E-state index contributed by atoms with van der Waals surface area (Å²) in [5.74, 6) is 1.47. The third kappa shape index (κ3) is 2.23. The van der Waals surface area contributed by atoms with E-state index in [1.165, 1.54) is 12.8 Å². The summed E-state index contributed by atoms with van der Waals surface area (Å²) in [4.78, 5) is 23.1. The van der Waals surface area contributed by atoms with Gasteiger partial charge in [-0.3, -0.25) is 14.7 Å². The van der Waals surface area contributed by atoms with Crippen LogP contribution in [0.3, 0.4) is 0 Å². The van der Waals surface area contributed by atoms with Gasteiger partial charge in [0.25, 0.3) is 0 Å². The molecule has 0 bridgehead atoms. The Kier molecular flexibility index (Phi) is 3.46. The van der Waals surface area contributed by atoms with E-state index in [0.717, 1.165) is 19.3 Å². The maximum Gasteiger partial charge on any atom is 0.245 e. The van der Waals surface area contributed by atoms with Crippen molar-refractivity contribution in [3.63, 3.8) is 0 Å². The lowest BCUT2D eigenvalue weighted by atomic mass is 9.97. The summed E-state index contributed by atoms with van der Waals surface area (Å²) >= 11 is 0. The molecule has 3 atom stereocenters. The zero-order valence-corrected chi connectivity index (χ0v) is 11.2. The van der Waals surface area contributed by atoms with Crippen molar-refractivity contribution in [3.8, 4) is 0 Å². The minimum atomic E-state index is -0.0902. The normalized spacial score (nSPS) is 31.1. The second-order valence-electron chi connectivity index (χ2n) is 5.45. The van der Waals surface area contributed by atoms with Gasteiger partial charge in [-0.05, 0) is 38.6 Å². The molecule has 1 aliphatic carbocycles. The number of carbonyl (C=O) groups excluding carboxylic acids is 1. The summed E-state index contributed by atoms with van der Waals surface area (Å²) < 4.78 is 0. The Bertz CT molecular complexity index is 450. The van der Waals surface area contributed by atoms with Crippen molar-refractivity contribution in [2.24, 2.45) is 5.92 Å². The topological polar surface area (TPSA) is 58.1 Å². The molecule has 0 aromatic carbocycles. The van der Waals surface area contributed by atoms with E-state index in [9.17, 15) is 4.79 Å². The first-order chi connectivity index (χ1) is 9.31. The van der Waals surface area contributed by atoms with Crippen molar-refractivity contribution in [2.75, 3.05) is 11.9 Å². The molecule has 1 amide bonds. The Balaban J connectivity index is 1.97. The van der Waals surface area contributed by atoms with E-state index in [1.54, 1.807) is 18.6 Å². The van der Waals surface area contributed by atoms with Gasteiger partial charge in [-0.2, -0.15) is 0 Å². The van der Waals surface area contributed by atoms with Gasteiger partial charge in [0, 0.05) is 18.4 Å². The third-order valence-corrected chi connectivity index (χ3v) is 4.46. The van der Waals surface area contributed by atoms with Crippen molar-refractivity contribution in [1.29, 1.82) is 0 Å². The Morgan fingerprint density at radius 3 is 2.89 bits per heavy atom. The number of aromatic nitrogens is 2. The molecule has 1 saturated carbocycles. The molecule has 0 spiro atoms. The molecule has 2 fully saturated rings. The molecule has 1 aliphatic heterocycles. The van der Waals surface area contributed by atoms with E-state index in [1.807, 2.05) is 11.9 Å². The molecular weight excluding hydrogens is 240 g/mol. The molecule has 5 nitrogen and oxygen atoms in total. The average molecular weight is 260 g/mol. The first-order valence-corrected chi connectivity index (χ1v) is 7.07. The van der Waals surface area contributed by atoms with Crippen LogP contribution < -0.4 is 10.2 Å². The first kappa shape index (κ1) is 12.5. The largest absolute Gasteiger partial charge is 0.309 e. The minimum absolute atomic E-state index is 0.0902. The number of likely N-dealkylation sites (N-methyl/N-ethyl adjacent to an activating group) is 1. The quantitative estimate of drug-likeness (QED) is 0.872. The molecule has 0 radical (unpaired) electrons. The van der Waals surface area contributed by atoms with Gasteiger partial charge < -0.3 is 5.32 Å². The molecule has 102 valence electrons. The highest BCUT2D eigenvalue weighted by Gasteiger charge is 2.41. The summed E-state index contributed by atoms with van der Waals surface area (Å²) in [5, 5.41) is 3.14. The Labute approximate surface area is 113 Å². The molecule has 1 N–H and O–H groups in total. The van der Waals surface area contributed by atoms with Crippen molar-refractivity contribution in [2.45, 2.75) is 44.2 Å². The zero-order chi connectivity index (χ0) is 13.2. The van der Waals surface area contributed by atoms with Crippen LogP contribution in [0.25, 0.3) is 0 Å². The number of hydrogen-bond donors (Lipinski definition) is 1. The SMILES string of the molecule is CNC1CCC2CCCC2N(c2cnccn2)C1=O. The van der Waals surface area contributed by atoms with Crippen molar-refractivity contribution >= 4 is 11.7 Å². The van der Waals surface area contributed by atoms with Crippen LogP contribution in [0.5, 0.6) is 0 Å². The van der Waals surface area contributed by atoms with E-state index in [2.05, 4.69) is 15.3 Å². The van der Waals surface area contributed by atoms with Gasteiger partial charge in [0.15, 0.2) is 5.82 Å². The van der Waals surface area contributed by atoms with Crippen LogP contribution in [0, 0.1) is 5.92 Å². The molecule has 2 heterocycles. The fraction of sp³-hybridized carbons (Fsp3) is 0.643. The van der Waals surface area contributed by atoms with E-state index in [4.69, 9.17) is 0 Å². The maximum atomic E-state index is 12.7. The molecule has 1 saturated heterocycles. The lowest BCUT2D eigenvalue weighted by Crippen LogP contribution is -2.48. The summed E-state index contributed by atoms with van der Waals surface area (Å²) in [6, 6.07) is 0.218.